The Morgan fingerprint density at radius 1 is 1.00 bits per heavy atom. The standard InChI is InChI=1S/C25H25N3O6/c1-33-24(31)23-27-12-15(13-28-23)22(30)21(29)10-11-26-25(32)34-14-20-18-8-4-2-6-16(18)17-7-3-5-9-19(17)20/h2-9,12-13,20-22,29-30H,10-11,14H2,1H3,(H,26,32). The number of hydrogen-bond donors (Lipinski definition) is 3. The zero-order valence-electron chi connectivity index (χ0n) is 18.5. The molecule has 3 N–H and O–H groups in total. The van der Waals surface area contributed by atoms with E-state index in [9.17, 15) is 19.8 Å². The Labute approximate surface area is 196 Å². The van der Waals surface area contributed by atoms with Crippen LogP contribution in [0.25, 0.3) is 11.1 Å². The number of esters is 1. The summed E-state index contributed by atoms with van der Waals surface area (Å²) in [6.45, 7) is 0.283. The third-order valence-corrected chi connectivity index (χ3v) is 5.80. The van der Waals surface area contributed by atoms with E-state index < -0.39 is 24.3 Å². The largest absolute Gasteiger partial charge is 0.463 e. The summed E-state index contributed by atoms with van der Waals surface area (Å²) in [7, 11) is 1.21. The molecule has 1 aliphatic carbocycles. The molecule has 1 heterocycles. The van der Waals surface area contributed by atoms with Gasteiger partial charge in [0.25, 0.3) is 0 Å². The topological polar surface area (TPSA) is 131 Å². The van der Waals surface area contributed by atoms with Gasteiger partial charge in [-0.15, -0.1) is 0 Å². The van der Waals surface area contributed by atoms with Crippen LogP contribution in [0.3, 0.4) is 0 Å². The van der Waals surface area contributed by atoms with Gasteiger partial charge in [0.2, 0.25) is 5.82 Å². The Hall–Kier alpha value is -3.82. The number of hydrogen-bond acceptors (Lipinski definition) is 8. The normalized spacial score (nSPS) is 14.0. The van der Waals surface area contributed by atoms with Crippen LogP contribution in [-0.2, 0) is 9.47 Å². The summed E-state index contributed by atoms with van der Waals surface area (Å²) in [5.41, 5.74) is 4.77. The number of carbonyl (C=O) groups is 2. The number of aromatic nitrogens is 2. The molecular weight excluding hydrogens is 438 g/mol. The molecule has 0 saturated carbocycles. The van der Waals surface area contributed by atoms with E-state index in [2.05, 4.69) is 32.2 Å². The van der Waals surface area contributed by atoms with Crippen LogP contribution in [-0.4, -0.2) is 58.6 Å². The fraction of sp³-hybridized carbons (Fsp3) is 0.280. The van der Waals surface area contributed by atoms with Crippen LogP contribution in [0.2, 0.25) is 0 Å². The van der Waals surface area contributed by atoms with Crippen LogP contribution >= 0.6 is 0 Å². The smallest absolute Gasteiger partial charge is 0.407 e. The first kappa shape index (κ1) is 23.3. The minimum Gasteiger partial charge on any atom is -0.463 e. The zero-order valence-corrected chi connectivity index (χ0v) is 18.5. The summed E-state index contributed by atoms with van der Waals surface area (Å²) in [4.78, 5) is 31.2. The quantitative estimate of drug-likeness (QED) is 0.435. The van der Waals surface area contributed by atoms with E-state index in [-0.39, 0.29) is 36.9 Å². The lowest BCUT2D eigenvalue weighted by Crippen LogP contribution is -2.30. The first-order valence-electron chi connectivity index (χ1n) is 10.8. The van der Waals surface area contributed by atoms with Crippen molar-refractivity contribution in [3.05, 3.63) is 83.4 Å². The van der Waals surface area contributed by atoms with Crippen LogP contribution in [0, 0.1) is 0 Å². The molecule has 1 amide bonds. The summed E-state index contributed by atoms with van der Waals surface area (Å²) < 4.78 is 9.97. The Balaban J connectivity index is 1.26. The predicted octanol–water partition coefficient (Wildman–Crippen LogP) is 2.59. The van der Waals surface area contributed by atoms with E-state index in [0.717, 1.165) is 22.3 Å². The molecule has 0 bridgehead atoms. The summed E-state index contributed by atoms with van der Waals surface area (Å²) >= 11 is 0. The van der Waals surface area contributed by atoms with Crippen LogP contribution in [0.1, 0.15) is 45.8 Å². The number of amides is 1. The lowest BCUT2D eigenvalue weighted by atomic mass is 9.98. The predicted molar refractivity (Wildman–Crippen MR) is 122 cm³/mol. The third-order valence-electron chi connectivity index (χ3n) is 5.80. The van der Waals surface area contributed by atoms with Crippen LogP contribution in [0.5, 0.6) is 0 Å². The van der Waals surface area contributed by atoms with E-state index in [1.54, 1.807) is 0 Å². The van der Waals surface area contributed by atoms with Gasteiger partial charge in [-0.3, -0.25) is 0 Å². The number of carbonyl (C=O) groups excluding carboxylic acids is 2. The summed E-state index contributed by atoms with van der Waals surface area (Å²) in [6, 6.07) is 16.1. The van der Waals surface area contributed by atoms with Gasteiger partial charge in [-0.1, -0.05) is 48.5 Å². The third kappa shape index (κ3) is 4.90. The van der Waals surface area contributed by atoms with Crippen molar-refractivity contribution in [1.29, 1.82) is 0 Å². The highest BCUT2D eigenvalue weighted by Crippen LogP contribution is 2.44. The highest BCUT2D eigenvalue weighted by molar-refractivity contribution is 5.84. The number of ether oxygens (including phenoxy) is 2. The fourth-order valence-electron chi connectivity index (χ4n) is 4.04. The lowest BCUT2D eigenvalue weighted by molar-refractivity contribution is 0.0132. The monoisotopic (exact) mass is 463 g/mol. The van der Waals surface area contributed by atoms with Gasteiger partial charge >= 0.3 is 12.1 Å². The molecule has 9 heteroatoms. The molecule has 1 aliphatic rings. The molecule has 0 saturated heterocycles. The van der Waals surface area contributed by atoms with Crippen molar-refractivity contribution in [1.82, 2.24) is 15.3 Å². The van der Waals surface area contributed by atoms with Gasteiger partial charge in [0.05, 0.1) is 13.2 Å². The second-order valence-corrected chi connectivity index (χ2v) is 7.88. The minimum absolute atomic E-state index is 0.0430. The van der Waals surface area contributed by atoms with E-state index in [1.165, 1.54) is 19.5 Å². The number of alkyl carbamates (subject to hydrolysis) is 1. The molecule has 176 valence electrons. The minimum atomic E-state index is -1.28. The van der Waals surface area contributed by atoms with Gasteiger partial charge < -0.3 is 25.0 Å². The van der Waals surface area contributed by atoms with E-state index in [0.29, 0.717) is 0 Å². The van der Waals surface area contributed by atoms with Gasteiger partial charge in [0, 0.05) is 30.4 Å². The second kappa shape index (κ2) is 10.4. The van der Waals surface area contributed by atoms with E-state index in [1.807, 2.05) is 36.4 Å². The molecule has 34 heavy (non-hydrogen) atoms. The van der Waals surface area contributed by atoms with E-state index in [4.69, 9.17) is 4.74 Å². The maximum atomic E-state index is 12.2. The number of fused-ring (bicyclic) bond motifs is 3. The molecule has 3 aromatic rings. The number of nitrogens with one attached hydrogen (secondary N) is 1. The van der Waals surface area contributed by atoms with Crippen LogP contribution in [0.15, 0.2) is 60.9 Å². The number of benzene rings is 2. The Morgan fingerprint density at radius 3 is 2.18 bits per heavy atom. The van der Waals surface area contributed by atoms with Gasteiger partial charge in [-0.25, -0.2) is 19.6 Å². The van der Waals surface area contributed by atoms with Crippen molar-refractivity contribution >= 4 is 12.1 Å². The van der Waals surface area contributed by atoms with Crippen LogP contribution < -0.4 is 5.32 Å². The molecule has 2 unspecified atom stereocenters. The number of aliphatic hydroxyl groups is 2. The number of nitrogens with zero attached hydrogens (tertiary/aromatic N) is 2. The molecule has 0 radical (unpaired) electrons. The van der Waals surface area contributed by atoms with Gasteiger partial charge in [0.1, 0.15) is 12.7 Å². The average molecular weight is 463 g/mol. The summed E-state index contributed by atoms with van der Waals surface area (Å²) in [5.74, 6) is -0.891. The van der Waals surface area contributed by atoms with Crippen molar-refractivity contribution < 1.29 is 29.3 Å². The number of rotatable bonds is 8. The molecule has 2 aromatic carbocycles. The molecule has 2 atom stereocenters. The Bertz CT molecular complexity index is 1120. The second-order valence-electron chi connectivity index (χ2n) is 7.88. The van der Waals surface area contributed by atoms with Crippen molar-refractivity contribution in [2.45, 2.75) is 24.5 Å². The van der Waals surface area contributed by atoms with E-state index >= 15 is 0 Å². The molecule has 0 aliphatic heterocycles. The maximum Gasteiger partial charge on any atom is 0.407 e. The molecular formula is C25H25N3O6. The highest BCUT2D eigenvalue weighted by Gasteiger charge is 2.29. The maximum absolute atomic E-state index is 12.2. The van der Waals surface area contributed by atoms with Crippen LogP contribution in [0.4, 0.5) is 4.79 Å². The molecule has 0 spiro atoms. The Morgan fingerprint density at radius 2 is 1.59 bits per heavy atom. The Kier molecular flexibility index (Phi) is 7.15. The lowest BCUT2D eigenvalue weighted by Gasteiger charge is -2.18. The SMILES string of the molecule is COC(=O)c1ncc(C(O)C(O)CCNC(=O)OCC2c3ccccc3-c3ccccc32)cn1. The summed E-state index contributed by atoms with van der Waals surface area (Å²) in [6.07, 6.45) is -0.505. The first-order valence-corrected chi connectivity index (χ1v) is 10.8. The van der Waals surface area contributed by atoms with Crippen molar-refractivity contribution in [3.63, 3.8) is 0 Å². The molecule has 0 fully saturated rings. The molecule has 1 aromatic heterocycles. The van der Waals surface area contributed by atoms with Crippen molar-refractivity contribution in [3.8, 4) is 11.1 Å². The zero-order chi connectivity index (χ0) is 24.1. The van der Waals surface area contributed by atoms with Gasteiger partial charge in [0.15, 0.2) is 0 Å². The highest BCUT2D eigenvalue weighted by atomic mass is 16.5. The molecule has 4 rings (SSSR count). The summed E-state index contributed by atoms with van der Waals surface area (Å²) in [5, 5.41) is 23.1. The van der Waals surface area contributed by atoms with Crippen molar-refractivity contribution in [2.75, 3.05) is 20.3 Å². The van der Waals surface area contributed by atoms with Gasteiger partial charge in [-0.2, -0.15) is 0 Å². The number of methoxy groups -OCH3 is 1. The average Bonchev–Trinajstić information content (AvgIpc) is 3.20. The van der Waals surface area contributed by atoms with Crippen molar-refractivity contribution in [2.24, 2.45) is 0 Å². The first-order chi connectivity index (χ1) is 16.5. The van der Waals surface area contributed by atoms with Gasteiger partial charge in [-0.05, 0) is 28.7 Å². The fourth-order valence-corrected chi connectivity index (χ4v) is 4.04. The molecule has 9 nitrogen and oxygen atoms in total. The number of aliphatic hydroxyl groups excluding tert-OH is 2.